The average Bonchev–Trinajstić information content (AvgIpc) is 2.30. The zero-order valence-electron chi connectivity index (χ0n) is 8.94. The Morgan fingerprint density at radius 1 is 1.24 bits per heavy atom. The molecule has 0 amide bonds. The van der Waals surface area contributed by atoms with Crippen molar-refractivity contribution in [3.63, 3.8) is 0 Å². The van der Waals surface area contributed by atoms with Gasteiger partial charge in [0.05, 0.1) is 13.2 Å². The number of carbonyl (C=O) groups is 2. The summed E-state index contributed by atoms with van der Waals surface area (Å²) in [4.78, 5) is 29.4. The first-order valence-electron chi connectivity index (χ1n) is 4.48. The highest BCUT2D eigenvalue weighted by atomic mass is 31.2. The first-order chi connectivity index (χ1) is 8.02. The van der Waals surface area contributed by atoms with Crippen LogP contribution in [0.15, 0.2) is 12.7 Å². The zero-order valence-corrected chi connectivity index (χ0v) is 9.84. The van der Waals surface area contributed by atoms with E-state index in [0.717, 1.165) is 6.08 Å². The van der Waals surface area contributed by atoms with Gasteiger partial charge in [0.2, 0.25) is 0 Å². The predicted molar refractivity (Wildman–Crippen MR) is 54.9 cm³/mol. The molecule has 98 valence electrons. The van der Waals surface area contributed by atoms with Crippen LogP contribution in [0.25, 0.3) is 0 Å². The van der Waals surface area contributed by atoms with Crippen LogP contribution in [0.2, 0.25) is 0 Å². The molecule has 8 nitrogen and oxygen atoms in total. The van der Waals surface area contributed by atoms with Crippen LogP contribution in [0.1, 0.15) is 0 Å². The summed E-state index contributed by atoms with van der Waals surface area (Å²) in [6.45, 7) is 2.39. The minimum Gasteiger partial charge on any atom is -0.465 e. The standard InChI is InChI=1S/C8H13O8P/c1-2-8(10)14-4-6-16-17(11,12)15-5-3-13-7-9/h2,7H,1,3-6H2,(H,11,12). The van der Waals surface area contributed by atoms with Crippen LogP contribution in [-0.4, -0.2) is 43.8 Å². The Morgan fingerprint density at radius 3 is 2.35 bits per heavy atom. The second-order valence-corrected chi connectivity index (χ2v) is 3.93. The molecule has 0 fully saturated rings. The third kappa shape index (κ3) is 9.70. The Hall–Kier alpha value is -1.21. The van der Waals surface area contributed by atoms with E-state index >= 15 is 0 Å². The van der Waals surface area contributed by atoms with E-state index in [4.69, 9.17) is 4.89 Å². The predicted octanol–water partition coefficient (Wildman–Crippen LogP) is 0.0222. The van der Waals surface area contributed by atoms with Gasteiger partial charge in [0, 0.05) is 6.08 Å². The van der Waals surface area contributed by atoms with Crippen LogP contribution in [0, 0.1) is 0 Å². The monoisotopic (exact) mass is 268 g/mol. The van der Waals surface area contributed by atoms with Crippen LogP contribution in [0.5, 0.6) is 0 Å². The SMILES string of the molecule is C=CC(=O)OCCOP(=O)(O)OCCOC=O. The van der Waals surface area contributed by atoms with Gasteiger partial charge in [0.15, 0.2) is 0 Å². The van der Waals surface area contributed by atoms with Crippen LogP contribution < -0.4 is 0 Å². The summed E-state index contributed by atoms with van der Waals surface area (Å²) in [7, 11) is -4.21. The number of ether oxygens (including phenoxy) is 2. The number of rotatable bonds is 10. The lowest BCUT2D eigenvalue weighted by Gasteiger charge is -2.11. The van der Waals surface area contributed by atoms with Crippen molar-refractivity contribution in [1.29, 1.82) is 0 Å². The van der Waals surface area contributed by atoms with Crippen molar-refractivity contribution in [3.05, 3.63) is 12.7 Å². The summed E-state index contributed by atoms with van der Waals surface area (Å²) in [6.07, 6.45) is 0.950. The number of carbonyl (C=O) groups excluding carboxylic acids is 2. The molecule has 0 aromatic rings. The molecule has 1 atom stereocenters. The quantitative estimate of drug-likeness (QED) is 0.194. The van der Waals surface area contributed by atoms with Crippen molar-refractivity contribution in [1.82, 2.24) is 0 Å². The molecule has 1 unspecified atom stereocenters. The van der Waals surface area contributed by atoms with E-state index in [1.165, 1.54) is 0 Å². The van der Waals surface area contributed by atoms with E-state index in [2.05, 4.69) is 25.1 Å². The highest BCUT2D eigenvalue weighted by Gasteiger charge is 2.20. The fourth-order valence-corrected chi connectivity index (χ4v) is 1.32. The Morgan fingerprint density at radius 2 is 1.82 bits per heavy atom. The van der Waals surface area contributed by atoms with Gasteiger partial charge in [-0.2, -0.15) is 0 Å². The summed E-state index contributed by atoms with van der Waals surface area (Å²) in [5.41, 5.74) is 0. The molecule has 0 saturated heterocycles. The molecular weight excluding hydrogens is 255 g/mol. The Bertz CT molecular complexity index is 302. The lowest BCUT2D eigenvalue weighted by molar-refractivity contribution is -0.138. The molecule has 0 bridgehead atoms. The summed E-state index contributed by atoms with van der Waals surface area (Å²) in [5, 5.41) is 0. The fourth-order valence-electron chi connectivity index (χ4n) is 0.640. The number of hydrogen-bond acceptors (Lipinski definition) is 7. The lowest BCUT2D eigenvalue weighted by atomic mass is 10.6. The molecule has 0 aliphatic rings. The van der Waals surface area contributed by atoms with Gasteiger partial charge in [-0.1, -0.05) is 6.58 Å². The molecule has 0 saturated carbocycles. The molecule has 1 N–H and O–H groups in total. The van der Waals surface area contributed by atoms with Crippen LogP contribution >= 0.6 is 7.82 Å². The van der Waals surface area contributed by atoms with Crippen molar-refractivity contribution in [2.45, 2.75) is 0 Å². The normalized spacial score (nSPS) is 13.5. The highest BCUT2D eigenvalue weighted by molar-refractivity contribution is 7.47. The zero-order chi connectivity index (χ0) is 13.1. The summed E-state index contributed by atoms with van der Waals surface area (Å²) in [6, 6.07) is 0. The third-order valence-corrected chi connectivity index (χ3v) is 2.29. The number of phosphoric acid groups is 1. The Labute approximate surface area is 97.7 Å². The summed E-state index contributed by atoms with van der Waals surface area (Å²) < 4.78 is 28.7. The van der Waals surface area contributed by atoms with E-state index in [1.807, 2.05) is 0 Å². The van der Waals surface area contributed by atoms with Gasteiger partial charge in [-0.15, -0.1) is 0 Å². The second kappa shape index (κ2) is 8.89. The molecule has 0 rings (SSSR count). The molecular formula is C8H13O8P. The Kier molecular flexibility index (Phi) is 8.25. The van der Waals surface area contributed by atoms with Gasteiger partial charge < -0.3 is 14.4 Å². The van der Waals surface area contributed by atoms with Crippen molar-refractivity contribution in [2.24, 2.45) is 0 Å². The maximum atomic E-state index is 11.1. The van der Waals surface area contributed by atoms with Crippen molar-refractivity contribution < 1.29 is 37.6 Å². The molecule has 0 aliphatic heterocycles. The van der Waals surface area contributed by atoms with Crippen molar-refractivity contribution in [2.75, 3.05) is 26.4 Å². The first-order valence-corrected chi connectivity index (χ1v) is 5.97. The average molecular weight is 268 g/mol. The molecule has 9 heteroatoms. The van der Waals surface area contributed by atoms with Crippen LogP contribution in [-0.2, 0) is 32.7 Å². The van der Waals surface area contributed by atoms with Gasteiger partial charge in [-0.25, -0.2) is 9.36 Å². The van der Waals surface area contributed by atoms with Gasteiger partial charge in [0.1, 0.15) is 13.2 Å². The molecule has 0 aromatic heterocycles. The van der Waals surface area contributed by atoms with E-state index in [9.17, 15) is 14.2 Å². The second-order valence-electron chi connectivity index (χ2n) is 2.47. The molecule has 0 spiro atoms. The van der Waals surface area contributed by atoms with E-state index in [1.54, 1.807) is 0 Å². The minimum atomic E-state index is -4.21. The van der Waals surface area contributed by atoms with Gasteiger partial charge in [-0.05, 0) is 0 Å². The topological polar surface area (TPSA) is 108 Å². The largest absolute Gasteiger partial charge is 0.472 e. The van der Waals surface area contributed by atoms with Crippen molar-refractivity contribution in [3.8, 4) is 0 Å². The number of phosphoric ester groups is 1. The number of esters is 1. The summed E-state index contributed by atoms with van der Waals surface area (Å²) >= 11 is 0. The van der Waals surface area contributed by atoms with Gasteiger partial charge in [0.25, 0.3) is 6.47 Å². The molecule has 0 aliphatic carbocycles. The minimum absolute atomic E-state index is 0.164. The lowest BCUT2D eigenvalue weighted by Crippen LogP contribution is -2.09. The van der Waals surface area contributed by atoms with E-state index in [0.29, 0.717) is 0 Å². The van der Waals surface area contributed by atoms with Crippen LogP contribution in [0.4, 0.5) is 0 Å². The van der Waals surface area contributed by atoms with E-state index < -0.39 is 13.8 Å². The summed E-state index contributed by atoms with van der Waals surface area (Å²) in [5.74, 6) is -0.665. The van der Waals surface area contributed by atoms with E-state index in [-0.39, 0.29) is 32.9 Å². The van der Waals surface area contributed by atoms with Gasteiger partial charge in [-0.3, -0.25) is 13.8 Å². The van der Waals surface area contributed by atoms with Gasteiger partial charge >= 0.3 is 13.8 Å². The van der Waals surface area contributed by atoms with Crippen molar-refractivity contribution >= 4 is 20.3 Å². The molecule has 0 radical (unpaired) electrons. The smallest absolute Gasteiger partial charge is 0.465 e. The number of hydrogen-bond donors (Lipinski definition) is 1. The van der Waals surface area contributed by atoms with Crippen LogP contribution in [0.3, 0.4) is 0 Å². The maximum Gasteiger partial charge on any atom is 0.472 e. The Balaban J connectivity index is 3.63. The molecule has 17 heavy (non-hydrogen) atoms. The highest BCUT2D eigenvalue weighted by Crippen LogP contribution is 2.42. The fraction of sp³-hybridized carbons (Fsp3) is 0.500. The third-order valence-electron chi connectivity index (χ3n) is 1.27. The first kappa shape index (κ1) is 15.8. The maximum absolute atomic E-state index is 11.1. The molecule has 0 heterocycles. The molecule has 0 aromatic carbocycles.